The first kappa shape index (κ1) is 35.4. The largest absolute Gasteiger partial charge is 0.569 e. The molecule has 6 rings (SSSR count). The smallest absolute Gasteiger partial charge is 0.537 e. The third-order valence-corrected chi connectivity index (χ3v) is 6.35. The van der Waals surface area contributed by atoms with Gasteiger partial charge in [-0.15, -0.1) is 5.10 Å². The summed E-state index contributed by atoms with van der Waals surface area (Å²) in [7, 11) is 3.68. The molecule has 245 valence electrons. The van der Waals surface area contributed by atoms with Crippen molar-refractivity contribution in [2.24, 2.45) is 0 Å². The zero-order chi connectivity index (χ0) is 35.0. The third kappa shape index (κ3) is 10.3. The first-order valence-electron chi connectivity index (χ1n) is 14.6. The molecule has 49 heavy (non-hydrogen) atoms. The minimum absolute atomic E-state index is 0.299. The van der Waals surface area contributed by atoms with Crippen LogP contribution in [0.15, 0.2) is 97.3 Å². The van der Waals surface area contributed by atoms with Gasteiger partial charge in [-0.05, 0) is 98.5 Å². The van der Waals surface area contributed by atoms with E-state index >= 15 is 0 Å². The number of rotatable bonds is 5. The Morgan fingerprint density at radius 2 is 1.31 bits per heavy atom. The number of methoxy groups -OCH3 is 2. The number of hydrogen-bond donors (Lipinski definition) is 2. The van der Waals surface area contributed by atoms with Crippen LogP contribution in [0.3, 0.4) is 0 Å². The van der Waals surface area contributed by atoms with Crippen molar-refractivity contribution in [1.82, 2.24) is 29.9 Å². The number of pyridine rings is 2. The second-order valence-corrected chi connectivity index (χ2v) is 9.70. The number of ether oxygens (including phenoxy) is 2. The van der Waals surface area contributed by atoms with E-state index in [4.69, 9.17) is 14.5 Å². The molecule has 0 atom stereocenters. The van der Waals surface area contributed by atoms with Gasteiger partial charge >= 0.3 is 7.69 Å². The molecule has 0 amide bonds. The van der Waals surface area contributed by atoms with Gasteiger partial charge in [-0.1, -0.05) is 24.0 Å². The van der Waals surface area contributed by atoms with Gasteiger partial charge in [0.05, 0.1) is 31.3 Å². The molecule has 2 aromatic carbocycles. The Labute approximate surface area is 283 Å². The highest BCUT2D eigenvalue weighted by Gasteiger charge is 2.16. The lowest BCUT2D eigenvalue weighted by molar-refractivity contribution is 0.382. The Morgan fingerprint density at radius 3 is 1.82 bits per heavy atom. The molecule has 2 N–H and O–H groups in total. The number of H-pyrrole nitrogens is 1. The lowest BCUT2D eigenvalue weighted by atomic mass is 10.2. The Hall–Kier alpha value is -6.44. The van der Waals surface area contributed by atoms with Gasteiger partial charge in [-0.3, -0.25) is 5.10 Å². The zero-order valence-corrected chi connectivity index (χ0v) is 27.0. The van der Waals surface area contributed by atoms with Crippen molar-refractivity contribution in [3.8, 4) is 46.9 Å². The van der Waals surface area contributed by atoms with Gasteiger partial charge in [0, 0.05) is 12.4 Å². The summed E-state index contributed by atoms with van der Waals surface area (Å²) in [6.45, 7) is 3.75. The van der Waals surface area contributed by atoms with Crippen LogP contribution in [-0.4, -0.2) is 56.9 Å². The van der Waals surface area contributed by atoms with Crippen molar-refractivity contribution in [3.63, 3.8) is 0 Å². The van der Waals surface area contributed by atoms with E-state index in [1.807, 2.05) is 50.2 Å². The lowest BCUT2D eigenvalue weighted by Gasteiger charge is -2.06. The van der Waals surface area contributed by atoms with Crippen molar-refractivity contribution < 1.29 is 27.9 Å². The summed E-state index contributed by atoms with van der Waals surface area (Å²) in [5, 5.41) is 19.4. The van der Waals surface area contributed by atoms with Gasteiger partial charge in [0.2, 0.25) is 11.8 Å². The maximum atomic E-state index is 13.1. The molecule has 4 heterocycles. The van der Waals surface area contributed by atoms with Gasteiger partial charge in [0.15, 0.2) is 0 Å². The van der Waals surface area contributed by atoms with E-state index in [0.717, 1.165) is 22.6 Å². The van der Waals surface area contributed by atoms with Gasteiger partial charge in [0.25, 0.3) is 0 Å². The summed E-state index contributed by atoms with van der Waals surface area (Å²) in [6.07, 6.45) is 3.40. The quantitative estimate of drug-likeness (QED) is 0.187. The molecule has 0 saturated carbocycles. The first-order chi connectivity index (χ1) is 23.8. The van der Waals surface area contributed by atoms with E-state index < -0.39 is 0 Å². The number of aromatic amines is 1. The molecule has 0 aliphatic heterocycles. The molecule has 0 aliphatic carbocycles. The van der Waals surface area contributed by atoms with Crippen LogP contribution in [0.5, 0.6) is 17.5 Å². The predicted octanol–water partition coefficient (Wildman–Crippen LogP) is 5.38. The van der Waals surface area contributed by atoms with Crippen LogP contribution in [0, 0.1) is 49.2 Å². The van der Waals surface area contributed by atoms with E-state index in [-0.39, 0.29) is 11.6 Å². The Kier molecular flexibility index (Phi) is 13.0. The van der Waals surface area contributed by atoms with Crippen molar-refractivity contribution in [3.05, 3.63) is 143 Å². The normalized spacial score (nSPS) is 9.61. The Balaban J connectivity index is 0.000000180. The highest BCUT2D eigenvalue weighted by Crippen LogP contribution is 2.25. The van der Waals surface area contributed by atoms with Crippen molar-refractivity contribution in [2.75, 3.05) is 14.2 Å². The van der Waals surface area contributed by atoms with Gasteiger partial charge in [-0.25, -0.2) is 18.7 Å². The molecule has 10 nitrogen and oxygen atoms in total. The number of aromatic nitrogens is 6. The van der Waals surface area contributed by atoms with Crippen LogP contribution in [0.25, 0.3) is 5.69 Å². The van der Waals surface area contributed by atoms with E-state index in [1.54, 1.807) is 43.4 Å². The van der Waals surface area contributed by atoms with Gasteiger partial charge < -0.3 is 19.2 Å². The van der Waals surface area contributed by atoms with E-state index in [9.17, 15) is 8.78 Å². The summed E-state index contributed by atoms with van der Waals surface area (Å²) in [6, 6.07) is 22.5. The van der Waals surface area contributed by atoms with Gasteiger partial charge in [0.1, 0.15) is 39.9 Å². The third-order valence-electron chi connectivity index (χ3n) is 6.35. The summed E-state index contributed by atoms with van der Waals surface area (Å²) >= 11 is 0. The molecule has 0 bridgehead atoms. The number of halogens is 2. The van der Waals surface area contributed by atoms with Crippen LogP contribution in [0.2, 0.25) is 0 Å². The van der Waals surface area contributed by atoms with E-state index in [2.05, 4.69) is 53.6 Å². The molecule has 6 aromatic rings. The Bertz CT molecular complexity index is 2050. The fourth-order valence-corrected chi connectivity index (χ4v) is 4.00. The predicted molar refractivity (Wildman–Crippen MR) is 180 cm³/mol. The minimum Gasteiger partial charge on any atom is -0.537 e. The first-order valence-corrected chi connectivity index (χ1v) is 14.6. The maximum Gasteiger partial charge on any atom is 0.569 e. The summed E-state index contributed by atoms with van der Waals surface area (Å²) < 4.78 is 42.0. The average molecular weight is 659 g/mol. The van der Waals surface area contributed by atoms with Crippen LogP contribution in [0.1, 0.15) is 33.9 Å². The molecular formula is C36H30BF2N6O4. The highest BCUT2D eigenvalue weighted by atomic mass is 19.1. The zero-order valence-electron chi connectivity index (χ0n) is 27.0. The van der Waals surface area contributed by atoms with Crippen LogP contribution < -0.4 is 14.1 Å². The standard InChI is InChI=1S/C18H14FN3O.C12H11N3O.C6H5BFO2/c1-13-17(11-8-15-5-3-4-12-20-15)18(23-2)22(21-13)16-9-6-14(19)7-10-16;1-9-11(12(16-2)15-14-9)7-6-10-5-3-4-8-13-10;8-5-1-3-6(4-2-5)10-7-9/h3-7,9-10,12H,1-2H3;3-5,8H,1-2H3,(H,14,15);1-4,9H. The monoisotopic (exact) mass is 659 g/mol. The number of nitrogens with one attached hydrogen (secondary N) is 1. The number of hydrogen-bond acceptors (Lipinski definition) is 8. The van der Waals surface area contributed by atoms with E-state index in [1.165, 1.54) is 36.4 Å². The minimum atomic E-state index is -0.328. The highest BCUT2D eigenvalue weighted by molar-refractivity contribution is 6.17. The summed E-state index contributed by atoms with van der Waals surface area (Å²) in [5.74, 6) is 12.8. The molecule has 0 spiro atoms. The number of benzene rings is 2. The fourth-order valence-electron chi connectivity index (χ4n) is 4.00. The average Bonchev–Trinajstić information content (AvgIpc) is 3.66. The molecule has 0 saturated heterocycles. The molecule has 4 aromatic heterocycles. The van der Waals surface area contributed by atoms with Crippen molar-refractivity contribution >= 4 is 7.69 Å². The van der Waals surface area contributed by atoms with E-state index in [0.29, 0.717) is 42.1 Å². The van der Waals surface area contributed by atoms with Crippen molar-refractivity contribution in [1.29, 1.82) is 0 Å². The second kappa shape index (κ2) is 18.0. The topological polar surface area (TPSA) is 120 Å². The lowest BCUT2D eigenvalue weighted by Crippen LogP contribution is -2.00. The number of nitrogens with zero attached hydrogens (tertiary/aromatic N) is 5. The SMILES string of the molecule is COc1c(C#Cc2ccccn2)c(C)nn1-c1ccc(F)cc1.COc1n[nH]c(C)c1C#Cc1ccccn1.O[B]Oc1ccc(F)cc1. The molecule has 0 aliphatic rings. The second-order valence-electron chi connectivity index (χ2n) is 9.70. The van der Waals surface area contributed by atoms with Crippen LogP contribution in [-0.2, 0) is 0 Å². The summed E-state index contributed by atoms with van der Waals surface area (Å²) in [4.78, 5) is 8.29. The molecule has 0 unspecified atom stereocenters. The fraction of sp³-hybridized carbons (Fsp3) is 0.111. The molecular weight excluding hydrogens is 629 g/mol. The molecule has 0 fully saturated rings. The maximum absolute atomic E-state index is 13.1. The van der Waals surface area contributed by atoms with Crippen LogP contribution in [0.4, 0.5) is 8.78 Å². The number of aryl methyl sites for hydroxylation is 2. The van der Waals surface area contributed by atoms with Crippen LogP contribution >= 0.6 is 0 Å². The Morgan fingerprint density at radius 1 is 0.735 bits per heavy atom. The summed E-state index contributed by atoms with van der Waals surface area (Å²) in [5.41, 5.74) is 5.18. The molecule has 13 heteroatoms. The molecule has 1 radical (unpaired) electrons. The van der Waals surface area contributed by atoms with Gasteiger partial charge in [-0.2, -0.15) is 9.78 Å². The van der Waals surface area contributed by atoms with Crippen molar-refractivity contribution in [2.45, 2.75) is 13.8 Å².